The normalized spacial score (nSPS) is 15.1. The van der Waals surface area contributed by atoms with E-state index in [2.05, 4.69) is 17.2 Å². The second-order valence-corrected chi connectivity index (χ2v) is 7.69. The number of hydrogen-bond donors (Lipinski definition) is 1. The van der Waals surface area contributed by atoms with E-state index < -0.39 is 0 Å². The van der Waals surface area contributed by atoms with Crippen LogP contribution in [0.25, 0.3) is 10.9 Å². The molecule has 0 saturated carbocycles. The van der Waals surface area contributed by atoms with Crippen molar-refractivity contribution in [3.05, 3.63) is 64.8 Å². The lowest BCUT2D eigenvalue weighted by atomic mass is 10.0. The zero-order chi connectivity index (χ0) is 21.1. The molecule has 1 saturated heterocycles. The Hall–Kier alpha value is -2.83. The molecule has 1 aromatic heterocycles. The molecule has 1 amide bonds. The van der Waals surface area contributed by atoms with Crippen LogP contribution < -0.4 is 10.1 Å². The zero-order valence-corrected chi connectivity index (χ0v) is 17.8. The molecule has 1 atom stereocenters. The van der Waals surface area contributed by atoms with E-state index in [1.165, 1.54) is 0 Å². The van der Waals surface area contributed by atoms with Crippen molar-refractivity contribution in [2.24, 2.45) is 0 Å². The van der Waals surface area contributed by atoms with Crippen molar-refractivity contribution >= 4 is 34.1 Å². The number of pyridine rings is 1. The number of nitrogens with zero attached hydrogens (tertiary/aromatic N) is 2. The molecule has 2 aromatic carbocycles. The van der Waals surface area contributed by atoms with Crippen LogP contribution in [0.4, 0.5) is 5.69 Å². The van der Waals surface area contributed by atoms with Crippen LogP contribution in [-0.4, -0.2) is 49.2 Å². The Labute approximate surface area is 180 Å². The highest BCUT2D eigenvalue weighted by Crippen LogP contribution is 2.32. The highest BCUT2D eigenvalue weighted by molar-refractivity contribution is 6.31. The standard InChI is InChI=1S/C23H24ClN3O3/c1-15(16-3-6-18(29-2)7-4-16)26-22-19-13-17(24)5-8-21(19)25-14-20(22)23(28)27-9-11-30-12-10-27/h3-8,13-15H,9-12H2,1-2H3,(H,25,26)/t15-/m1/s1. The van der Waals surface area contributed by atoms with Gasteiger partial charge in [-0.25, -0.2) is 0 Å². The number of nitrogens with one attached hydrogen (secondary N) is 1. The topological polar surface area (TPSA) is 63.7 Å². The van der Waals surface area contributed by atoms with E-state index in [1.54, 1.807) is 24.3 Å². The number of ether oxygens (including phenoxy) is 2. The van der Waals surface area contributed by atoms with Crippen LogP contribution in [0.5, 0.6) is 5.75 Å². The Morgan fingerprint density at radius 3 is 2.63 bits per heavy atom. The maximum atomic E-state index is 13.3. The Kier molecular flexibility index (Phi) is 6.06. The number of fused-ring (bicyclic) bond motifs is 1. The van der Waals surface area contributed by atoms with Crippen molar-refractivity contribution in [3.63, 3.8) is 0 Å². The van der Waals surface area contributed by atoms with Gasteiger partial charge in [0.05, 0.1) is 37.1 Å². The fourth-order valence-electron chi connectivity index (χ4n) is 3.61. The minimum atomic E-state index is -0.0582. The Morgan fingerprint density at radius 1 is 1.20 bits per heavy atom. The van der Waals surface area contributed by atoms with E-state index in [1.807, 2.05) is 36.4 Å². The van der Waals surface area contributed by atoms with Gasteiger partial charge in [-0.2, -0.15) is 0 Å². The number of methoxy groups -OCH3 is 1. The number of rotatable bonds is 5. The molecular formula is C23H24ClN3O3. The smallest absolute Gasteiger partial charge is 0.257 e. The second-order valence-electron chi connectivity index (χ2n) is 7.25. The number of aromatic nitrogens is 1. The van der Waals surface area contributed by atoms with Crippen molar-refractivity contribution in [1.82, 2.24) is 9.88 Å². The predicted octanol–water partition coefficient (Wildman–Crippen LogP) is 4.54. The third kappa shape index (κ3) is 4.20. The summed E-state index contributed by atoms with van der Waals surface area (Å²) in [6.07, 6.45) is 1.65. The van der Waals surface area contributed by atoms with E-state index in [0.717, 1.165) is 27.9 Å². The number of carbonyl (C=O) groups is 1. The Balaban J connectivity index is 1.74. The van der Waals surface area contributed by atoms with Gasteiger partial charge >= 0.3 is 0 Å². The average molecular weight is 426 g/mol. The average Bonchev–Trinajstić information content (AvgIpc) is 2.79. The minimum absolute atomic E-state index is 0.0447. The van der Waals surface area contributed by atoms with E-state index in [4.69, 9.17) is 21.1 Å². The number of halogens is 1. The summed E-state index contributed by atoms with van der Waals surface area (Å²) >= 11 is 6.28. The van der Waals surface area contributed by atoms with Gasteiger partial charge in [-0.05, 0) is 42.8 Å². The maximum Gasteiger partial charge on any atom is 0.257 e. The van der Waals surface area contributed by atoms with Gasteiger partial charge in [0.25, 0.3) is 5.91 Å². The molecule has 0 radical (unpaired) electrons. The Bertz CT molecular complexity index is 1050. The van der Waals surface area contributed by atoms with Crippen LogP contribution in [0.2, 0.25) is 5.02 Å². The van der Waals surface area contributed by atoms with Crippen LogP contribution >= 0.6 is 11.6 Å². The fraction of sp³-hybridized carbons (Fsp3) is 0.304. The molecule has 2 heterocycles. The predicted molar refractivity (Wildman–Crippen MR) is 119 cm³/mol. The summed E-state index contributed by atoms with van der Waals surface area (Å²) in [5, 5.41) is 4.96. The van der Waals surface area contributed by atoms with E-state index in [-0.39, 0.29) is 11.9 Å². The maximum absolute atomic E-state index is 13.3. The first-order valence-electron chi connectivity index (χ1n) is 9.92. The van der Waals surface area contributed by atoms with Crippen molar-refractivity contribution in [3.8, 4) is 5.75 Å². The van der Waals surface area contributed by atoms with E-state index >= 15 is 0 Å². The molecule has 0 unspecified atom stereocenters. The highest BCUT2D eigenvalue weighted by atomic mass is 35.5. The van der Waals surface area contributed by atoms with Crippen molar-refractivity contribution < 1.29 is 14.3 Å². The van der Waals surface area contributed by atoms with Gasteiger partial charge in [0.15, 0.2) is 0 Å². The molecule has 0 bridgehead atoms. The number of anilines is 1. The van der Waals surface area contributed by atoms with Crippen molar-refractivity contribution in [2.45, 2.75) is 13.0 Å². The van der Waals surface area contributed by atoms with Gasteiger partial charge in [0.1, 0.15) is 5.75 Å². The molecule has 7 heteroatoms. The number of morpholine rings is 1. The van der Waals surface area contributed by atoms with Gasteiger partial charge in [0, 0.05) is 35.7 Å². The first kappa shape index (κ1) is 20.4. The molecule has 4 rings (SSSR count). The minimum Gasteiger partial charge on any atom is -0.497 e. The lowest BCUT2D eigenvalue weighted by molar-refractivity contribution is 0.0303. The molecule has 30 heavy (non-hydrogen) atoms. The molecule has 6 nitrogen and oxygen atoms in total. The first-order chi connectivity index (χ1) is 14.6. The molecule has 0 spiro atoms. The third-order valence-electron chi connectivity index (χ3n) is 5.34. The lowest BCUT2D eigenvalue weighted by Crippen LogP contribution is -2.41. The molecule has 1 aliphatic rings. The summed E-state index contributed by atoms with van der Waals surface area (Å²) < 4.78 is 10.6. The first-order valence-corrected chi connectivity index (χ1v) is 10.3. The summed E-state index contributed by atoms with van der Waals surface area (Å²) in [6, 6.07) is 13.3. The van der Waals surface area contributed by atoms with E-state index in [9.17, 15) is 4.79 Å². The molecule has 3 aromatic rings. The van der Waals surface area contributed by atoms with Gasteiger partial charge in [-0.3, -0.25) is 9.78 Å². The number of hydrogen-bond acceptors (Lipinski definition) is 5. The molecule has 0 aliphatic carbocycles. The molecule has 1 N–H and O–H groups in total. The van der Waals surface area contributed by atoms with Crippen LogP contribution in [-0.2, 0) is 4.74 Å². The molecule has 1 aliphatic heterocycles. The molecule has 156 valence electrons. The fourth-order valence-corrected chi connectivity index (χ4v) is 3.78. The molecule has 1 fully saturated rings. The number of benzene rings is 2. The summed E-state index contributed by atoms with van der Waals surface area (Å²) in [4.78, 5) is 19.6. The zero-order valence-electron chi connectivity index (χ0n) is 17.0. The number of amides is 1. The highest BCUT2D eigenvalue weighted by Gasteiger charge is 2.24. The van der Waals surface area contributed by atoms with Gasteiger partial charge < -0.3 is 19.7 Å². The monoisotopic (exact) mass is 425 g/mol. The SMILES string of the molecule is COc1ccc([C@@H](C)Nc2c(C(=O)N3CCOCC3)cnc3ccc(Cl)cc23)cc1. The van der Waals surface area contributed by atoms with Crippen LogP contribution in [0.15, 0.2) is 48.7 Å². The van der Waals surface area contributed by atoms with Crippen molar-refractivity contribution in [2.75, 3.05) is 38.7 Å². The van der Waals surface area contributed by atoms with Gasteiger partial charge in [-0.15, -0.1) is 0 Å². The van der Waals surface area contributed by atoms with Crippen LogP contribution in [0.1, 0.15) is 28.9 Å². The summed E-state index contributed by atoms with van der Waals surface area (Å²) in [5.41, 5.74) is 3.13. The van der Waals surface area contributed by atoms with E-state index in [0.29, 0.717) is 36.9 Å². The second kappa shape index (κ2) is 8.90. The largest absolute Gasteiger partial charge is 0.497 e. The summed E-state index contributed by atoms with van der Waals surface area (Å²) in [7, 11) is 1.65. The van der Waals surface area contributed by atoms with Gasteiger partial charge in [0.2, 0.25) is 0 Å². The lowest BCUT2D eigenvalue weighted by Gasteiger charge is -2.28. The quantitative estimate of drug-likeness (QED) is 0.650. The van der Waals surface area contributed by atoms with Crippen LogP contribution in [0.3, 0.4) is 0 Å². The number of carbonyl (C=O) groups excluding carboxylic acids is 1. The third-order valence-corrected chi connectivity index (χ3v) is 5.57. The summed E-state index contributed by atoms with van der Waals surface area (Å²) in [5.74, 6) is 0.743. The molecular weight excluding hydrogens is 402 g/mol. The summed E-state index contributed by atoms with van der Waals surface area (Å²) in [6.45, 7) is 4.29. The van der Waals surface area contributed by atoms with Crippen molar-refractivity contribution in [1.29, 1.82) is 0 Å². The van der Waals surface area contributed by atoms with Crippen LogP contribution in [0, 0.1) is 0 Å². The van der Waals surface area contributed by atoms with Gasteiger partial charge in [-0.1, -0.05) is 23.7 Å². The Morgan fingerprint density at radius 2 is 1.93 bits per heavy atom.